The van der Waals surface area contributed by atoms with Crippen molar-refractivity contribution in [2.45, 2.75) is 52.0 Å². The van der Waals surface area contributed by atoms with E-state index in [4.69, 9.17) is 0 Å². The van der Waals surface area contributed by atoms with Crippen molar-refractivity contribution in [2.75, 3.05) is 26.2 Å². The van der Waals surface area contributed by atoms with Gasteiger partial charge in [-0.3, -0.25) is 5.32 Å². The Balaban J connectivity index is 2.42. The van der Waals surface area contributed by atoms with Crippen LogP contribution in [-0.2, 0) is 0 Å². The first-order valence-electron chi connectivity index (χ1n) is 7.02. The van der Waals surface area contributed by atoms with E-state index in [2.05, 4.69) is 30.1 Å². The second-order valence-electron chi connectivity index (χ2n) is 5.50. The molecule has 0 aromatic rings. The number of likely N-dealkylation sites (N-methyl/N-ethyl adjacent to an activating group) is 1. The molecule has 1 aliphatic rings. The fourth-order valence-electron chi connectivity index (χ4n) is 2.32. The molecule has 0 amide bonds. The molecule has 0 radical (unpaired) electrons. The monoisotopic (exact) mass is 237 g/mol. The molecule has 0 bridgehead atoms. The van der Waals surface area contributed by atoms with Crippen molar-refractivity contribution in [3.8, 4) is 6.07 Å². The Morgan fingerprint density at radius 3 is 2.53 bits per heavy atom. The highest BCUT2D eigenvalue weighted by molar-refractivity contribution is 5.05. The summed E-state index contributed by atoms with van der Waals surface area (Å²) in [6.45, 7) is 10.3. The average Bonchev–Trinajstić information content (AvgIpc) is 2.29. The van der Waals surface area contributed by atoms with Crippen LogP contribution in [0.2, 0.25) is 0 Å². The average molecular weight is 237 g/mol. The molecule has 1 saturated carbocycles. The van der Waals surface area contributed by atoms with Crippen LogP contribution >= 0.6 is 0 Å². The van der Waals surface area contributed by atoms with Gasteiger partial charge in [0.05, 0.1) is 6.07 Å². The fraction of sp³-hybridized carbons (Fsp3) is 0.929. The summed E-state index contributed by atoms with van der Waals surface area (Å²) >= 11 is 0. The van der Waals surface area contributed by atoms with E-state index in [-0.39, 0.29) is 0 Å². The number of hydrogen-bond donors (Lipinski definition) is 1. The second kappa shape index (κ2) is 6.98. The molecule has 0 aromatic heterocycles. The number of rotatable bonds is 8. The van der Waals surface area contributed by atoms with Crippen molar-refractivity contribution in [3.05, 3.63) is 0 Å². The molecule has 1 rings (SSSR count). The first-order valence-corrected chi connectivity index (χ1v) is 7.02. The quantitative estimate of drug-likeness (QED) is 0.704. The first kappa shape index (κ1) is 14.5. The number of hydrogen-bond acceptors (Lipinski definition) is 3. The van der Waals surface area contributed by atoms with Crippen molar-refractivity contribution in [1.82, 2.24) is 10.2 Å². The van der Waals surface area contributed by atoms with Gasteiger partial charge in [0.25, 0.3) is 0 Å². The summed E-state index contributed by atoms with van der Waals surface area (Å²) in [6.07, 6.45) is 5.22. The Kier molecular flexibility index (Phi) is 5.94. The summed E-state index contributed by atoms with van der Waals surface area (Å²) in [5.41, 5.74) is -0.393. The van der Waals surface area contributed by atoms with Crippen molar-refractivity contribution in [1.29, 1.82) is 5.26 Å². The molecule has 0 saturated heterocycles. The summed E-state index contributed by atoms with van der Waals surface area (Å²) in [5.74, 6) is 0.879. The molecule has 3 nitrogen and oxygen atoms in total. The molecule has 0 aliphatic heterocycles. The van der Waals surface area contributed by atoms with Gasteiger partial charge in [-0.15, -0.1) is 0 Å². The smallest absolute Gasteiger partial charge is 0.116 e. The van der Waals surface area contributed by atoms with Gasteiger partial charge in [0.15, 0.2) is 0 Å². The molecule has 3 heteroatoms. The Labute approximate surface area is 106 Å². The zero-order valence-electron chi connectivity index (χ0n) is 11.6. The standard InChI is InChI=1S/C14H27N3/c1-4-9-16-14(3,11-15)12-17(5-2)10-13-7-6-8-13/h13,16H,4-10,12H2,1-3H3. The normalized spacial score (nSPS) is 19.7. The maximum Gasteiger partial charge on any atom is 0.116 e. The molecule has 0 heterocycles. The van der Waals surface area contributed by atoms with Gasteiger partial charge in [-0.1, -0.05) is 20.3 Å². The molecular formula is C14H27N3. The van der Waals surface area contributed by atoms with Gasteiger partial charge in [0, 0.05) is 13.1 Å². The summed E-state index contributed by atoms with van der Waals surface area (Å²) in [5, 5.41) is 12.7. The Bertz CT molecular complexity index is 255. The van der Waals surface area contributed by atoms with E-state index >= 15 is 0 Å². The third-order valence-electron chi connectivity index (χ3n) is 3.74. The summed E-state index contributed by atoms with van der Waals surface area (Å²) in [7, 11) is 0. The lowest BCUT2D eigenvalue weighted by Crippen LogP contribution is -2.51. The molecule has 1 fully saturated rings. The third kappa shape index (κ3) is 4.65. The van der Waals surface area contributed by atoms with Gasteiger partial charge in [0.1, 0.15) is 5.54 Å². The SMILES string of the molecule is CCCNC(C)(C#N)CN(CC)CC1CCC1. The molecule has 1 unspecified atom stereocenters. The van der Waals surface area contributed by atoms with Gasteiger partial charge < -0.3 is 4.90 Å². The van der Waals surface area contributed by atoms with E-state index in [9.17, 15) is 5.26 Å². The largest absolute Gasteiger partial charge is 0.300 e. The van der Waals surface area contributed by atoms with E-state index in [1.807, 2.05) is 6.92 Å². The molecule has 0 aromatic carbocycles. The van der Waals surface area contributed by atoms with Gasteiger partial charge >= 0.3 is 0 Å². The summed E-state index contributed by atoms with van der Waals surface area (Å²) < 4.78 is 0. The Morgan fingerprint density at radius 2 is 2.12 bits per heavy atom. The number of nitrogens with zero attached hydrogens (tertiary/aromatic N) is 2. The highest BCUT2D eigenvalue weighted by Crippen LogP contribution is 2.27. The van der Waals surface area contributed by atoms with Crippen LogP contribution in [0.1, 0.15) is 46.5 Å². The minimum atomic E-state index is -0.393. The Morgan fingerprint density at radius 1 is 1.41 bits per heavy atom. The van der Waals surface area contributed by atoms with Crippen LogP contribution < -0.4 is 5.32 Å². The lowest BCUT2D eigenvalue weighted by Gasteiger charge is -2.35. The predicted molar refractivity (Wildman–Crippen MR) is 71.8 cm³/mol. The van der Waals surface area contributed by atoms with E-state index in [0.29, 0.717) is 0 Å². The minimum Gasteiger partial charge on any atom is -0.300 e. The van der Waals surface area contributed by atoms with Crippen LogP contribution in [0.3, 0.4) is 0 Å². The van der Waals surface area contributed by atoms with E-state index in [1.165, 1.54) is 25.8 Å². The maximum absolute atomic E-state index is 9.32. The predicted octanol–water partition coefficient (Wildman–Crippen LogP) is 2.39. The van der Waals surface area contributed by atoms with Gasteiger partial charge in [-0.25, -0.2) is 0 Å². The minimum absolute atomic E-state index is 0.393. The first-order chi connectivity index (χ1) is 8.13. The topological polar surface area (TPSA) is 39.1 Å². The van der Waals surface area contributed by atoms with Crippen LogP contribution in [-0.4, -0.2) is 36.6 Å². The van der Waals surface area contributed by atoms with E-state index in [0.717, 1.165) is 32.0 Å². The lowest BCUT2D eigenvalue weighted by atomic mass is 9.85. The zero-order chi connectivity index (χ0) is 12.7. The molecular weight excluding hydrogens is 210 g/mol. The van der Waals surface area contributed by atoms with Crippen LogP contribution in [0.5, 0.6) is 0 Å². The van der Waals surface area contributed by atoms with Crippen LogP contribution in [0, 0.1) is 17.2 Å². The molecule has 17 heavy (non-hydrogen) atoms. The van der Waals surface area contributed by atoms with Gasteiger partial charge in [0.2, 0.25) is 0 Å². The Hall–Kier alpha value is -0.590. The fourth-order valence-corrected chi connectivity index (χ4v) is 2.32. The van der Waals surface area contributed by atoms with Gasteiger partial charge in [-0.2, -0.15) is 5.26 Å². The third-order valence-corrected chi connectivity index (χ3v) is 3.74. The highest BCUT2D eigenvalue weighted by atomic mass is 15.2. The van der Waals surface area contributed by atoms with E-state index in [1.54, 1.807) is 0 Å². The molecule has 1 N–H and O–H groups in total. The van der Waals surface area contributed by atoms with Crippen molar-refractivity contribution in [3.63, 3.8) is 0 Å². The van der Waals surface area contributed by atoms with Crippen LogP contribution in [0.25, 0.3) is 0 Å². The summed E-state index contributed by atoms with van der Waals surface area (Å²) in [6, 6.07) is 2.43. The second-order valence-corrected chi connectivity index (χ2v) is 5.50. The molecule has 0 spiro atoms. The molecule has 1 atom stereocenters. The van der Waals surface area contributed by atoms with Crippen LogP contribution in [0.15, 0.2) is 0 Å². The van der Waals surface area contributed by atoms with Crippen molar-refractivity contribution < 1.29 is 0 Å². The summed E-state index contributed by atoms with van der Waals surface area (Å²) in [4.78, 5) is 2.43. The van der Waals surface area contributed by atoms with Crippen molar-refractivity contribution >= 4 is 0 Å². The molecule has 1 aliphatic carbocycles. The van der Waals surface area contributed by atoms with Gasteiger partial charge in [-0.05, 0) is 45.2 Å². The zero-order valence-corrected chi connectivity index (χ0v) is 11.6. The van der Waals surface area contributed by atoms with Crippen LogP contribution in [0.4, 0.5) is 0 Å². The van der Waals surface area contributed by atoms with Crippen molar-refractivity contribution in [2.24, 2.45) is 5.92 Å². The number of nitriles is 1. The number of nitrogens with one attached hydrogen (secondary N) is 1. The maximum atomic E-state index is 9.32. The lowest BCUT2D eigenvalue weighted by molar-refractivity contribution is 0.159. The highest BCUT2D eigenvalue weighted by Gasteiger charge is 2.28. The van der Waals surface area contributed by atoms with E-state index < -0.39 is 5.54 Å². The molecule has 98 valence electrons.